The van der Waals surface area contributed by atoms with Crippen molar-refractivity contribution in [1.29, 1.82) is 0 Å². The third kappa shape index (κ3) is 3.30. The molecule has 4 heterocycles. The van der Waals surface area contributed by atoms with Gasteiger partial charge in [0.2, 0.25) is 0 Å². The van der Waals surface area contributed by atoms with Crippen LogP contribution in [0.25, 0.3) is 32.5 Å². The number of hydrogen-bond acceptors (Lipinski definition) is 6. The van der Waals surface area contributed by atoms with Crippen molar-refractivity contribution in [3.63, 3.8) is 0 Å². The third-order valence-corrected chi connectivity index (χ3v) is 7.55. The third-order valence-electron chi connectivity index (χ3n) is 6.20. The molecular formula is C23H24FN5OS. The Morgan fingerprint density at radius 3 is 2.61 bits per heavy atom. The Labute approximate surface area is 183 Å². The van der Waals surface area contributed by atoms with Gasteiger partial charge in [-0.3, -0.25) is 4.68 Å². The first kappa shape index (κ1) is 20.1. The Hall–Kier alpha value is -2.84. The molecule has 6 nitrogen and oxygen atoms in total. The molecule has 1 aromatic carbocycles. The maximum atomic E-state index is 15.7. The average molecular weight is 438 g/mol. The van der Waals surface area contributed by atoms with Crippen molar-refractivity contribution >= 4 is 27.9 Å². The normalized spacial score (nSPS) is 15.1. The maximum absolute atomic E-state index is 15.7. The first-order valence-electron chi connectivity index (χ1n) is 10.4. The monoisotopic (exact) mass is 437 g/mol. The summed E-state index contributed by atoms with van der Waals surface area (Å²) in [6.07, 6.45) is 5.40. The lowest BCUT2D eigenvalue weighted by Gasteiger charge is -2.21. The second-order valence-electron chi connectivity index (χ2n) is 8.03. The second kappa shape index (κ2) is 7.69. The van der Waals surface area contributed by atoms with Crippen LogP contribution in [0, 0.1) is 19.7 Å². The Bertz CT molecular complexity index is 1290. The van der Waals surface area contributed by atoms with Gasteiger partial charge in [-0.1, -0.05) is 12.1 Å². The number of thiazole rings is 1. The minimum Gasteiger partial charge on any atom is -0.383 e. The molecule has 1 aliphatic heterocycles. The molecule has 0 bridgehead atoms. The number of fused-ring (bicyclic) bond motifs is 1. The van der Waals surface area contributed by atoms with Gasteiger partial charge in [-0.2, -0.15) is 5.10 Å². The predicted molar refractivity (Wildman–Crippen MR) is 122 cm³/mol. The molecule has 31 heavy (non-hydrogen) atoms. The van der Waals surface area contributed by atoms with Crippen molar-refractivity contribution < 1.29 is 9.13 Å². The van der Waals surface area contributed by atoms with Crippen molar-refractivity contribution in [3.05, 3.63) is 46.6 Å². The summed E-state index contributed by atoms with van der Waals surface area (Å²) in [7, 11) is 1.84. The molecule has 0 atom stereocenters. The van der Waals surface area contributed by atoms with Crippen LogP contribution in [0.3, 0.4) is 0 Å². The number of benzene rings is 1. The second-order valence-corrected chi connectivity index (χ2v) is 9.06. The van der Waals surface area contributed by atoms with Gasteiger partial charge in [0, 0.05) is 59.1 Å². The summed E-state index contributed by atoms with van der Waals surface area (Å²) in [6, 6.07) is 3.71. The number of hydrogen-bond donors (Lipinski definition) is 1. The van der Waals surface area contributed by atoms with Gasteiger partial charge in [0.05, 0.1) is 17.3 Å². The highest BCUT2D eigenvalue weighted by atomic mass is 32.1. The van der Waals surface area contributed by atoms with Gasteiger partial charge < -0.3 is 10.5 Å². The number of nitrogens with zero attached hydrogens (tertiary/aromatic N) is 4. The van der Waals surface area contributed by atoms with E-state index in [0.717, 1.165) is 59.0 Å². The van der Waals surface area contributed by atoms with Crippen LogP contribution >= 0.6 is 11.3 Å². The summed E-state index contributed by atoms with van der Waals surface area (Å²) >= 11 is 1.67. The number of nitrogen functional groups attached to an aromatic ring is 1. The van der Waals surface area contributed by atoms with Crippen LogP contribution < -0.4 is 5.73 Å². The van der Waals surface area contributed by atoms with Crippen LogP contribution in [-0.4, -0.2) is 33.0 Å². The van der Waals surface area contributed by atoms with E-state index < -0.39 is 0 Å². The van der Waals surface area contributed by atoms with E-state index in [-0.39, 0.29) is 11.6 Å². The standard InChI is InChI=1S/C23H24FN5OS/c1-12-21(14-6-8-30-9-7-14)31-23(28-12)18-10-26-22(25)19-15(18)4-5-16(20(19)24)17-11-27-29(3)13(17)2/h4-5,10-11,14H,6-9H2,1-3H3,(H2,25,26). The average Bonchev–Trinajstić information content (AvgIpc) is 3.31. The minimum absolute atomic E-state index is 0.178. The Balaban J connectivity index is 1.65. The van der Waals surface area contributed by atoms with Gasteiger partial charge in [-0.05, 0) is 32.6 Å². The molecule has 1 fully saturated rings. The quantitative estimate of drug-likeness (QED) is 0.488. The lowest BCUT2D eigenvalue weighted by atomic mass is 9.97. The minimum atomic E-state index is -0.376. The zero-order valence-electron chi connectivity index (χ0n) is 17.8. The summed E-state index contributed by atoms with van der Waals surface area (Å²) in [4.78, 5) is 10.4. The summed E-state index contributed by atoms with van der Waals surface area (Å²) in [6.45, 7) is 5.53. The molecule has 2 N–H and O–H groups in total. The molecule has 0 spiro atoms. The van der Waals surface area contributed by atoms with E-state index in [2.05, 4.69) is 10.1 Å². The van der Waals surface area contributed by atoms with Gasteiger partial charge in [0.25, 0.3) is 0 Å². The first-order chi connectivity index (χ1) is 15.0. The zero-order chi connectivity index (χ0) is 21.7. The summed E-state index contributed by atoms with van der Waals surface area (Å²) < 4.78 is 22.9. The van der Waals surface area contributed by atoms with Crippen LogP contribution in [-0.2, 0) is 11.8 Å². The fourth-order valence-corrected chi connectivity index (χ4v) is 5.58. The molecule has 0 amide bonds. The van der Waals surface area contributed by atoms with Crippen LogP contribution in [0.5, 0.6) is 0 Å². The van der Waals surface area contributed by atoms with Crippen molar-refractivity contribution in [2.75, 3.05) is 18.9 Å². The van der Waals surface area contributed by atoms with Crippen molar-refractivity contribution in [2.45, 2.75) is 32.6 Å². The Kier molecular flexibility index (Phi) is 4.98. The molecule has 8 heteroatoms. The highest BCUT2D eigenvalue weighted by Crippen LogP contribution is 2.41. The number of aromatic nitrogens is 4. The number of pyridine rings is 1. The topological polar surface area (TPSA) is 78.9 Å². The Morgan fingerprint density at radius 2 is 1.90 bits per heavy atom. The van der Waals surface area contributed by atoms with Gasteiger partial charge in [-0.15, -0.1) is 11.3 Å². The number of nitrogens with two attached hydrogens (primary N) is 1. The molecule has 4 aromatic rings. The molecule has 3 aromatic heterocycles. The molecule has 0 unspecified atom stereocenters. The highest BCUT2D eigenvalue weighted by molar-refractivity contribution is 7.15. The van der Waals surface area contributed by atoms with E-state index in [0.29, 0.717) is 16.9 Å². The van der Waals surface area contributed by atoms with E-state index in [1.54, 1.807) is 34.5 Å². The number of ether oxygens (including phenoxy) is 1. The molecule has 0 radical (unpaired) electrons. The van der Waals surface area contributed by atoms with Gasteiger partial charge in [0.1, 0.15) is 16.6 Å². The van der Waals surface area contributed by atoms with Gasteiger partial charge >= 0.3 is 0 Å². The molecule has 5 rings (SSSR count). The van der Waals surface area contributed by atoms with Crippen molar-refractivity contribution in [2.24, 2.45) is 7.05 Å². The summed E-state index contributed by atoms with van der Waals surface area (Å²) in [5, 5.41) is 6.15. The fourth-order valence-electron chi connectivity index (χ4n) is 4.32. The van der Waals surface area contributed by atoms with E-state index in [1.165, 1.54) is 4.88 Å². The van der Waals surface area contributed by atoms with E-state index in [1.807, 2.05) is 27.0 Å². The molecule has 1 aliphatic rings. The number of anilines is 1. The smallest absolute Gasteiger partial charge is 0.142 e. The predicted octanol–water partition coefficient (Wildman–Crippen LogP) is 4.99. The number of aryl methyl sites for hydroxylation is 2. The molecule has 1 saturated heterocycles. The Morgan fingerprint density at radius 1 is 1.13 bits per heavy atom. The van der Waals surface area contributed by atoms with Crippen molar-refractivity contribution in [1.82, 2.24) is 19.7 Å². The lowest BCUT2D eigenvalue weighted by Crippen LogP contribution is -2.13. The molecule has 0 saturated carbocycles. The van der Waals surface area contributed by atoms with Gasteiger partial charge in [-0.25, -0.2) is 14.4 Å². The van der Waals surface area contributed by atoms with Gasteiger partial charge in [0.15, 0.2) is 0 Å². The first-order valence-corrected chi connectivity index (χ1v) is 11.2. The van der Waals surface area contributed by atoms with Crippen LogP contribution in [0.2, 0.25) is 0 Å². The maximum Gasteiger partial charge on any atom is 0.142 e. The highest BCUT2D eigenvalue weighted by Gasteiger charge is 2.24. The summed E-state index contributed by atoms with van der Waals surface area (Å²) in [5.41, 5.74) is 10.1. The molecular weight excluding hydrogens is 413 g/mol. The van der Waals surface area contributed by atoms with Crippen LogP contribution in [0.1, 0.15) is 35.0 Å². The van der Waals surface area contributed by atoms with Crippen LogP contribution in [0.4, 0.5) is 10.2 Å². The van der Waals surface area contributed by atoms with E-state index in [4.69, 9.17) is 15.5 Å². The number of rotatable bonds is 3. The van der Waals surface area contributed by atoms with E-state index >= 15 is 4.39 Å². The fraction of sp³-hybridized carbons (Fsp3) is 0.348. The van der Waals surface area contributed by atoms with Crippen molar-refractivity contribution in [3.8, 4) is 21.7 Å². The summed E-state index contributed by atoms with van der Waals surface area (Å²) in [5.74, 6) is 0.265. The molecule has 160 valence electrons. The SMILES string of the molecule is Cc1nc(-c2cnc(N)c3c(F)c(-c4cnn(C)c4C)ccc23)sc1C1CCOCC1. The van der Waals surface area contributed by atoms with Crippen LogP contribution in [0.15, 0.2) is 24.5 Å². The molecule has 0 aliphatic carbocycles. The largest absolute Gasteiger partial charge is 0.383 e. The number of halogens is 1. The zero-order valence-corrected chi connectivity index (χ0v) is 18.6. The lowest BCUT2D eigenvalue weighted by molar-refractivity contribution is 0.0858. The van der Waals surface area contributed by atoms with E-state index in [9.17, 15) is 0 Å².